The van der Waals surface area contributed by atoms with Crippen molar-refractivity contribution >= 4 is 117 Å². The second kappa shape index (κ2) is 12.3. The number of rotatable bonds is 3. The van der Waals surface area contributed by atoms with Crippen LogP contribution in [0.5, 0.6) is 0 Å². The van der Waals surface area contributed by atoms with Crippen LogP contribution >= 0.6 is 22.7 Å². The molecule has 0 amide bonds. The summed E-state index contributed by atoms with van der Waals surface area (Å²) in [5, 5.41) is 18.2. The quantitative estimate of drug-likeness (QED) is 0.157. The molecule has 0 saturated carbocycles. The summed E-state index contributed by atoms with van der Waals surface area (Å²) in [6, 6.07) is 72.5. The van der Waals surface area contributed by atoms with E-state index in [4.69, 9.17) is 0 Å². The molecule has 0 bridgehead atoms. The highest BCUT2D eigenvalue weighted by atomic mass is 32.1. The summed E-state index contributed by atoms with van der Waals surface area (Å²) in [6.07, 6.45) is 0. The predicted molar refractivity (Wildman–Crippen MR) is 256 cm³/mol. The van der Waals surface area contributed by atoms with Gasteiger partial charge in [-0.05, 0) is 105 Å². The van der Waals surface area contributed by atoms with Gasteiger partial charge in [0.15, 0.2) is 0 Å². The molecule has 0 spiro atoms. The Labute approximate surface area is 342 Å². The average Bonchev–Trinajstić information content (AvgIpc) is 3.86. The van der Waals surface area contributed by atoms with Gasteiger partial charge in [0.25, 0.3) is 0 Å². The SMILES string of the molecule is c1ccc2c(-c3c4ccccc4c(-c4ccc(-c5cc6sc7ccc8c9ccccc9sc8c7c6c6ccccc56)c5ccccc45)c4ccccc34)cccc2c1. The van der Waals surface area contributed by atoms with E-state index in [1.165, 1.54) is 128 Å². The first-order chi connectivity index (χ1) is 28.8. The summed E-state index contributed by atoms with van der Waals surface area (Å²) in [5.74, 6) is 0. The van der Waals surface area contributed by atoms with Crippen LogP contribution in [0.4, 0.5) is 0 Å². The fourth-order valence-electron chi connectivity index (χ4n) is 10.0. The van der Waals surface area contributed by atoms with Crippen LogP contribution in [0.15, 0.2) is 194 Å². The molecule has 0 N–H and O–H groups in total. The van der Waals surface area contributed by atoms with Crippen LogP contribution in [-0.4, -0.2) is 0 Å². The molecule has 13 rings (SSSR count). The minimum absolute atomic E-state index is 1.26. The van der Waals surface area contributed by atoms with Gasteiger partial charge in [0.05, 0.1) is 0 Å². The summed E-state index contributed by atoms with van der Waals surface area (Å²) in [5.41, 5.74) is 7.66. The summed E-state index contributed by atoms with van der Waals surface area (Å²) >= 11 is 3.85. The third-order valence-electron chi connectivity index (χ3n) is 12.5. The fourth-order valence-corrected chi connectivity index (χ4v) is 12.5. The van der Waals surface area contributed by atoms with E-state index >= 15 is 0 Å². The highest BCUT2D eigenvalue weighted by molar-refractivity contribution is 7.30. The Kier molecular flexibility index (Phi) is 6.86. The van der Waals surface area contributed by atoms with Crippen molar-refractivity contribution in [2.24, 2.45) is 0 Å². The maximum atomic E-state index is 2.48. The average molecular weight is 769 g/mol. The number of benzene rings is 11. The van der Waals surface area contributed by atoms with Gasteiger partial charge in [0.2, 0.25) is 0 Å². The molecular formula is C56H32S2. The van der Waals surface area contributed by atoms with Crippen LogP contribution in [0.3, 0.4) is 0 Å². The maximum Gasteiger partial charge on any atom is 0.0448 e. The summed E-state index contributed by atoms with van der Waals surface area (Å²) in [6.45, 7) is 0. The van der Waals surface area contributed by atoms with Gasteiger partial charge in [0, 0.05) is 40.3 Å². The molecule has 58 heavy (non-hydrogen) atoms. The molecule has 0 unspecified atom stereocenters. The zero-order chi connectivity index (χ0) is 37.9. The van der Waals surface area contributed by atoms with Crippen molar-refractivity contribution in [3.8, 4) is 33.4 Å². The normalized spacial score (nSPS) is 12.1. The Balaban J connectivity index is 1.09. The molecule has 0 atom stereocenters. The van der Waals surface area contributed by atoms with Crippen LogP contribution in [0.1, 0.15) is 0 Å². The van der Waals surface area contributed by atoms with Crippen molar-refractivity contribution in [3.63, 3.8) is 0 Å². The first-order valence-corrected chi connectivity index (χ1v) is 21.6. The van der Waals surface area contributed by atoms with Crippen LogP contribution in [0.2, 0.25) is 0 Å². The van der Waals surface area contributed by atoms with Gasteiger partial charge in [-0.15, -0.1) is 22.7 Å². The number of hydrogen-bond acceptors (Lipinski definition) is 2. The molecule has 0 aliphatic heterocycles. The molecule has 0 aliphatic rings. The van der Waals surface area contributed by atoms with E-state index in [9.17, 15) is 0 Å². The third-order valence-corrected chi connectivity index (χ3v) is 14.8. The van der Waals surface area contributed by atoms with Crippen LogP contribution in [-0.2, 0) is 0 Å². The first kappa shape index (κ1) is 32.3. The topological polar surface area (TPSA) is 0 Å². The Bertz CT molecular complexity index is 3800. The van der Waals surface area contributed by atoms with Crippen LogP contribution in [0.25, 0.3) is 128 Å². The largest absolute Gasteiger partial charge is 0.135 e. The molecule has 0 nitrogen and oxygen atoms in total. The highest BCUT2D eigenvalue weighted by Crippen LogP contribution is 2.51. The van der Waals surface area contributed by atoms with Gasteiger partial charge >= 0.3 is 0 Å². The van der Waals surface area contributed by atoms with Crippen molar-refractivity contribution in [2.75, 3.05) is 0 Å². The Morgan fingerprint density at radius 3 is 1.43 bits per heavy atom. The molecule has 0 saturated heterocycles. The lowest BCUT2D eigenvalue weighted by molar-refractivity contribution is 1.68. The smallest absolute Gasteiger partial charge is 0.0448 e. The molecule has 2 heteroatoms. The monoisotopic (exact) mass is 768 g/mol. The van der Waals surface area contributed by atoms with E-state index < -0.39 is 0 Å². The van der Waals surface area contributed by atoms with Crippen LogP contribution < -0.4 is 0 Å². The van der Waals surface area contributed by atoms with Crippen LogP contribution in [0, 0.1) is 0 Å². The second-order valence-electron chi connectivity index (χ2n) is 15.4. The molecule has 11 aromatic carbocycles. The zero-order valence-electron chi connectivity index (χ0n) is 31.3. The van der Waals surface area contributed by atoms with Gasteiger partial charge in [-0.1, -0.05) is 176 Å². The molecular weight excluding hydrogens is 737 g/mol. The molecule has 13 aromatic rings. The zero-order valence-corrected chi connectivity index (χ0v) is 32.9. The third kappa shape index (κ3) is 4.50. The van der Waals surface area contributed by atoms with E-state index in [0.29, 0.717) is 0 Å². The lowest BCUT2D eigenvalue weighted by atomic mass is 9.82. The van der Waals surface area contributed by atoms with Crippen molar-refractivity contribution in [3.05, 3.63) is 194 Å². The standard InChI is InChI=1S/C56H32S2/c1-2-16-34-33(14-1)15-13-26-40(34)52-42-22-7-9-24-44(42)53(45-25-10-8-23-43(45)52)46-29-28-38(35-17-3-4-18-36(35)46)48-32-51-54(41-21-6-5-19-37(41)48)55-50(57-51)31-30-47-39-20-11-12-27-49(39)58-56(47)55/h1-32H. The maximum absolute atomic E-state index is 2.48. The van der Waals surface area contributed by atoms with Crippen molar-refractivity contribution in [1.82, 2.24) is 0 Å². The minimum Gasteiger partial charge on any atom is -0.135 e. The Hall–Kier alpha value is -6.84. The Morgan fingerprint density at radius 1 is 0.241 bits per heavy atom. The van der Waals surface area contributed by atoms with E-state index in [-0.39, 0.29) is 0 Å². The molecule has 268 valence electrons. The van der Waals surface area contributed by atoms with Gasteiger partial charge in [-0.3, -0.25) is 0 Å². The lowest BCUT2D eigenvalue weighted by Gasteiger charge is -2.20. The number of hydrogen-bond donors (Lipinski definition) is 0. The minimum atomic E-state index is 1.26. The fraction of sp³-hybridized carbons (Fsp3) is 0. The van der Waals surface area contributed by atoms with Gasteiger partial charge in [0.1, 0.15) is 0 Å². The first-order valence-electron chi connectivity index (χ1n) is 19.9. The molecule has 2 heterocycles. The summed E-state index contributed by atoms with van der Waals surface area (Å²) in [4.78, 5) is 0. The summed E-state index contributed by atoms with van der Waals surface area (Å²) < 4.78 is 5.43. The van der Waals surface area contributed by atoms with Crippen molar-refractivity contribution in [1.29, 1.82) is 0 Å². The van der Waals surface area contributed by atoms with Gasteiger partial charge < -0.3 is 0 Å². The van der Waals surface area contributed by atoms with Crippen molar-refractivity contribution in [2.45, 2.75) is 0 Å². The highest BCUT2D eigenvalue weighted by Gasteiger charge is 2.22. The van der Waals surface area contributed by atoms with E-state index in [1.807, 2.05) is 22.7 Å². The van der Waals surface area contributed by atoms with Crippen molar-refractivity contribution < 1.29 is 0 Å². The van der Waals surface area contributed by atoms with Gasteiger partial charge in [-0.25, -0.2) is 0 Å². The predicted octanol–water partition coefficient (Wildman–Crippen LogP) is 17.2. The summed E-state index contributed by atoms with van der Waals surface area (Å²) in [7, 11) is 0. The molecule has 0 aliphatic carbocycles. The number of thiophene rings is 2. The van der Waals surface area contributed by atoms with E-state index in [0.717, 1.165) is 0 Å². The lowest BCUT2D eigenvalue weighted by Crippen LogP contribution is -1.93. The Morgan fingerprint density at radius 2 is 0.741 bits per heavy atom. The van der Waals surface area contributed by atoms with E-state index in [1.54, 1.807) is 0 Å². The second-order valence-corrected chi connectivity index (χ2v) is 17.6. The molecule has 0 radical (unpaired) electrons. The number of fused-ring (bicyclic) bond motifs is 13. The molecule has 0 fully saturated rings. The van der Waals surface area contributed by atoms with Gasteiger partial charge in [-0.2, -0.15) is 0 Å². The van der Waals surface area contributed by atoms with E-state index in [2.05, 4.69) is 194 Å². The molecule has 2 aromatic heterocycles.